The van der Waals surface area contributed by atoms with Gasteiger partial charge in [-0.05, 0) is 0 Å². The van der Waals surface area contributed by atoms with Crippen molar-refractivity contribution in [3.05, 3.63) is 0 Å². The van der Waals surface area contributed by atoms with Crippen molar-refractivity contribution < 1.29 is 4.43 Å². The fourth-order valence-corrected chi connectivity index (χ4v) is 0.717. The fraction of sp³-hybridized carbons (Fsp3) is 1.00. The zero-order valence-corrected chi connectivity index (χ0v) is 9.35. The van der Waals surface area contributed by atoms with Gasteiger partial charge < -0.3 is 4.43 Å². The molecule has 0 aromatic rings. The van der Waals surface area contributed by atoms with Gasteiger partial charge in [0.25, 0.3) is 0 Å². The average molecular weight is 186 g/mol. The first-order valence-electron chi connectivity index (χ1n) is 2.22. The number of rotatable bonds is 3. The molecule has 0 unspecified atom stereocenters. The van der Waals surface area contributed by atoms with E-state index < -0.39 is 3.41 Å². The topological polar surface area (TPSA) is 9.23 Å². The molecule has 0 N–H and O–H groups in total. The van der Waals surface area contributed by atoms with Gasteiger partial charge >= 0.3 is 0 Å². The predicted octanol–water partition coefficient (Wildman–Crippen LogP) is 0.117. The second-order valence-electron chi connectivity index (χ2n) is 1.52. The second-order valence-corrected chi connectivity index (χ2v) is 5.44. The summed E-state index contributed by atoms with van der Waals surface area (Å²) in [6.45, 7) is 0.711. The van der Waals surface area contributed by atoms with Gasteiger partial charge in [0.2, 0.25) is 0 Å². The first kappa shape index (κ1) is 9.23. The van der Waals surface area contributed by atoms with Crippen LogP contribution in [0, 0.1) is 0 Å². The van der Waals surface area contributed by atoms with Gasteiger partial charge in [-0.2, -0.15) is 37.9 Å². The van der Waals surface area contributed by atoms with E-state index in [1.54, 1.807) is 0 Å². The molecule has 0 amide bonds. The highest BCUT2D eigenvalue weighted by Crippen LogP contribution is 2.27. The van der Waals surface area contributed by atoms with Crippen molar-refractivity contribution in [3.63, 3.8) is 0 Å². The van der Waals surface area contributed by atoms with Crippen LogP contribution in [0.1, 0.15) is 6.42 Å². The van der Waals surface area contributed by atoms with Crippen LogP contribution in [0.25, 0.3) is 0 Å². The maximum absolute atomic E-state index is 4.91. The largest absolute Gasteiger partial charge is 0.428 e. The van der Waals surface area contributed by atoms with Gasteiger partial charge in [0, 0.05) is 13.0 Å². The van der Waals surface area contributed by atoms with Gasteiger partial charge in [-0.25, -0.2) is 0 Å². The Labute approximate surface area is 69.3 Å². The third-order valence-corrected chi connectivity index (χ3v) is 1.72. The highest BCUT2D eigenvalue weighted by atomic mass is 32.2. The van der Waals surface area contributed by atoms with Crippen molar-refractivity contribution in [2.24, 2.45) is 0 Å². The summed E-state index contributed by atoms with van der Waals surface area (Å²) in [4.78, 5) is 0. The molecule has 5 heteroatoms. The van der Waals surface area contributed by atoms with E-state index in [-0.39, 0.29) is 0 Å². The fourth-order valence-electron chi connectivity index (χ4n) is 0.239. The third kappa shape index (κ3) is 7.23. The van der Waals surface area contributed by atoms with Crippen LogP contribution in [0.5, 0.6) is 0 Å². The molecule has 0 aromatic carbocycles. The van der Waals surface area contributed by atoms with Gasteiger partial charge in [0.15, 0.2) is 0 Å². The zero-order chi connectivity index (χ0) is 6.62. The van der Waals surface area contributed by atoms with E-state index in [1.165, 1.54) is 0 Å². The minimum atomic E-state index is -0.468. The lowest BCUT2D eigenvalue weighted by molar-refractivity contribution is 0.346. The highest BCUT2D eigenvalue weighted by Gasteiger charge is 2.11. The molecule has 0 atom stereocenters. The maximum Gasteiger partial charge on any atom is 0.145 e. The van der Waals surface area contributed by atoms with Crippen LogP contribution in [0.3, 0.4) is 0 Å². The Morgan fingerprint density at radius 2 is 1.88 bits per heavy atom. The molecule has 8 heavy (non-hydrogen) atoms. The first-order chi connectivity index (χ1) is 3.56. The van der Waals surface area contributed by atoms with E-state index >= 15 is 0 Å². The molecule has 0 aromatic heterocycles. The first-order valence-corrected chi connectivity index (χ1v) is 4.38. The van der Waals surface area contributed by atoms with E-state index in [0.717, 1.165) is 16.9 Å². The van der Waals surface area contributed by atoms with Crippen LogP contribution in [-0.4, -0.2) is 20.5 Å². The molecule has 0 aliphatic heterocycles. The van der Waals surface area contributed by atoms with Crippen LogP contribution in [0.2, 0.25) is 0 Å². The SMILES string of the molecule is [SiH3]OCCC(S)(S)S. The molecule has 0 fully saturated rings. The van der Waals surface area contributed by atoms with Gasteiger partial charge in [-0.15, -0.1) is 0 Å². The van der Waals surface area contributed by atoms with E-state index in [9.17, 15) is 0 Å². The van der Waals surface area contributed by atoms with Crippen LogP contribution in [0.15, 0.2) is 0 Å². The molecule has 0 aliphatic carbocycles. The molecule has 0 aliphatic rings. The van der Waals surface area contributed by atoms with E-state index in [4.69, 9.17) is 4.43 Å². The van der Waals surface area contributed by atoms with Crippen molar-refractivity contribution in [3.8, 4) is 0 Å². The lowest BCUT2D eigenvalue weighted by atomic mass is 10.5. The molecule has 0 saturated heterocycles. The second kappa shape index (κ2) is 4.11. The Hall–Kier alpha value is 1.23. The van der Waals surface area contributed by atoms with Gasteiger partial charge in [-0.1, -0.05) is 0 Å². The summed E-state index contributed by atoms with van der Waals surface area (Å²) in [5, 5.41) is 0. The van der Waals surface area contributed by atoms with Crippen LogP contribution >= 0.6 is 37.9 Å². The minimum absolute atomic E-state index is 0.468. The standard InChI is InChI=1S/C3H10OS3Si/c5-3(6,7)1-2-4-8/h5-7H,1-2H2,8H3. The minimum Gasteiger partial charge on any atom is -0.428 e. The van der Waals surface area contributed by atoms with Gasteiger partial charge in [-0.3, -0.25) is 0 Å². The lowest BCUT2D eigenvalue weighted by Crippen LogP contribution is -2.06. The summed E-state index contributed by atoms with van der Waals surface area (Å²) in [5.41, 5.74) is 0. The van der Waals surface area contributed by atoms with E-state index in [2.05, 4.69) is 37.9 Å². The summed E-state index contributed by atoms with van der Waals surface area (Å²) in [7, 11) is 0.781. The number of hydrogen-bond donors (Lipinski definition) is 3. The Balaban J connectivity index is 3.11. The Morgan fingerprint density at radius 1 is 1.38 bits per heavy atom. The summed E-state index contributed by atoms with van der Waals surface area (Å²) in [6.07, 6.45) is 0.770. The van der Waals surface area contributed by atoms with Crippen LogP contribution in [-0.2, 0) is 4.43 Å². The predicted molar refractivity (Wildman–Crippen MR) is 50.2 cm³/mol. The molecule has 0 spiro atoms. The lowest BCUT2D eigenvalue weighted by Gasteiger charge is -2.13. The van der Waals surface area contributed by atoms with Crippen molar-refractivity contribution in [1.29, 1.82) is 0 Å². The smallest absolute Gasteiger partial charge is 0.145 e. The molecular weight excluding hydrogens is 176 g/mol. The summed E-state index contributed by atoms with van der Waals surface area (Å²) < 4.78 is 4.44. The Bertz CT molecular complexity index is 62.0. The van der Waals surface area contributed by atoms with Gasteiger partial charge in [0.1, 0.15) is 13.9 Å². The zero-order valence-electron chi connectivity index (χ0n) is 4.66. The molecule has 1 nitrogen and oxygen atoms in total. The molecule has 0 radical (unpaired) electrons. The molecule has 50 valence electrons. The summed E-state index contributed by atoms with van der Waals surface area (Å²) >= 11 is 12.2. The molecule has 0 bridgehead atoms. The van der Waals surface area contributed by atoms with Crippen LogP contribution < -0.4 is 0 Å². The average Bonchev–Trinajstić information content (AvgIpc) is 1.59. The van der Waals surface area contributed by atoms with Crippen LogP contribution in [0.4, 0.5) is 0 Å². The van der Waals surface area contributed by atoms with E-state index in [0.29, 0.717) is 6.61 Å². The quantitative estimate of drug-likeness (QED) is 0.322. The monoisotopic (exact) mass is 186 g/mol. The van der Waals surface area contributed by atoms with Crippen molar-refractivity contribution >= 4 is 48.4 Å². The molecule has 0 saturated carbocycles. The number of hydrogen-bond acceptors (Lipinski definition) is 4. The highest BCUT2D eigenvalue weighted by molar-refractivity contribution is 8.16. The Kier molecular flexibility index (Phi) is 4.74. The third-order valence-electron chi connectivity index (χ3n) is 0.642. The molecular formula is C3H10OS3Si. The van der Waals surface area contributed by atoms with Crippen molar-refractivity contribution in [2.45, 2.75) is 9.83 Å². The maximum atomic E-state index is 4.91. The number of thiol groups is 3. The van der Waals surface area contributed by atoms with Gasteiger partial charge in [0.05, 0.1) is 0 Å². The van der Waals surface area contributed by atoms with Crippen molar-refractivity contribution in [1.82, 2.24) is 0 Å². The summed E-state index contributed by atoms with van der Waals surface area (Å²) in [6, 6.07) is 0. The van der Waals surface area contributed by atoms with Crippen molar-refractivity contribution in [2.75, 3.05) is 6.61 Å². The normalized spacial score (nSPS) is 12.4. The van der Waals surface area contributed by atoms with E-state index in [1.807, 2.05) is 0 Å². The summed E-state index contributed by atoms with van der Waals surface area (Å²) in [5.74, 6) is 0. The Morgan fingerprint density at radius 3 is 2.00 bits per heavy atom. The molecule has 0 rings (SSSR count). The molecule has 0 heterocycles.